The molecular formula is C18H18N6O. The van der Waals surface area contributed by atoms with Crippen LogP contribution < -0.4 is 5.73 Å². The molecule has 1 aliphatic carbocycles. The Balaban J connectivity index is 1.84. The first-order chi connectivity index (χ1) is 12.1. The Morgan fingerprint density at radius 1 is 1.32 bits per heavy atom. The highest BCUT2D eigenvalue weighted by Gasteiger charge is 2.39. The van der Waals surface area contributed by atoms with Crippen molar-refractivity contribution in [2.24, 2.45) is 0 Å². The van der Waals surface area contributed by atoms with Gasteiger partial charge in [-0.05, 0) is 30.9 Å². The van der Waals surface area contributed by atoms with E-state index in [9.17, 15) is 5.26 Å². The minimum absolute atomic E-state index is 0.178. The Morgan fingerprint density at radius 3 is 2.84 bits per heavy atom. The molecule has 0 spiro atoms. The Morgan fingerprint density at radius 2 is 2.16 bits per heavy atom. The molecule has 1 aliphatic rings. The van der Waals surface area contributed by atoms with Crippen molar-refractivity contribution < 1.29 is 4.74 Å². The summed E-state index contributed by atoms with van der Waals surface area (Å²) in [6.45, 7) is 0.349. The normalized spacial score (nSPS) is 15.7. The highest BCUT2D eigenvalue weighted by Crippen LogP contribution is 2.43. The second kappa shape index (κ2) is 5.83. The van der Waals surface area contributed by atoms with Crippen molar-refractivity contribution in [2.45, 2.75) is 31.3 Å². The molecule has 25 heavy (non-hydrogen) atoms. The first-order valence-corrected chi connectivity index (χ1v) is 8.17. The molecule has 2 aromatic heterocycles. The lowest BCUT2D eigenvalue weighted by Crippen LogP contribution is -2.32. The maximum absolute atomic E-state index is 9.61. The van der Waals surface area contributed by atoms with Crippen molar-refractivity contribution in [1.29, 1.82) is 5.26 Å². The van der Waals surface area contributed by atoms with Gasteiger partial charge >= 0.3 is 0 Å². The van der Waals surface area contributed by atoms with Crippen LogP contribution in [0.3, 0.4) is 0 Å². The SMILES string of the molecule is COCc1cc(-n2ncc3ccc(C4(C#N)CCC4)cc32)nc(N)n1. The number of nitrogens with zero attached hydrogens (tertiary/aromatic N) is 5. The van der Waals surface area contributed by atoms with Gasteiger partial charge in [-0.3, -0.25) is 0 Å². The Hall–Kier alpha value is -2.98. The molecule has 7 heteroatoms. The largest absolute Gasteiger partial charge is 0.378 e. The standard InChI is InChI=1S/C18H18N6O/c1-25-10-14-8-16(23-17(20)22-14)24-15-7-13(4-3-12(15)9-21-24)18(11-19)5-2-6-18/h3-4,7-9H,2,5-6,10H2,1H3,(H2,20,22,23). The van der Waals surface area contributed by atoms with E-state index in [-0.39, 0.29) is 11.4 Å². The van der Waals surface area contributed by atoms with Crippen LogP contribution in [-0.2, 0) is 16.8 Å². The second-order valence-electron chi connectivity index (χ2n) is 6.39. The summed E-state index contributed by atoms with van der Waals surface area (Å²) in [6.07, 6.45) is 4.68. The minimum Gasteiger partial charge on any atom is -0.378 e. The Bertz CT molecular complexity index is 983. The molecule has 0 unspecified atom stereocenters. The molecule has 3 aromatic rings. The number of ether oxygens (including phenoxy) is 1. The quantitative estimate of drug-likeness (QED) is 0.786. The lowest BCUT2D eigenvalue weighted by molar-refractivity contribution is 0.181. The summed E-state index contributed by atoms with van der Waals surface area (Å²) in [5.41, 5.74) is 8.10. The first kappa shape index (κ1) is 15.5. The lowest BCUT2D eigenvalue weighted by atomic mass is 9.65. The van der Waals surface area contributed by atoms with Crippen LogP contribution in [0, 0.1) is 11.3 Å². The van der Waals surface area contributed by atoms with Gasteiger partial charge in [0.15, 0.2) is 5.82 Å². The molecule has 2 N–H and O–H groups in total. The molecule has 1 aromatic carbocycles. The van der Waals surface area contributed by atoms with Crippen molar-refractivity contribution >= 4 is 16.9 Å². The number of hydrogen-bond donors (Lipinski definition) is 1. The number of nitrogen functional groups attached to an aromatic ring is 1. The summed E-state index contributed by atoms with van der Waals surface area (Å²) in [5.74, 6) is 0.767. The monoisotopic (exact) mass is 334 g/mol. The zero-order chi connectivity index (χ0) is 17.4. The number of hydrogen-bond acceptors (Lipinski definition) is 6. The molecule has 1 fully saturated rings. The van der Waals surface area contributed by atoms with Gasteiger partial charge in [0.2, 0.25) is 5.95 Å². The van der Waals surface area contributed by atoms with Gasteiger partial charge in [-0.25, -0.2) is 9.67 Å². The predicted molar refractivity (Wildman–Crippen MR) is 92.9 cm³/mol. The maximum atomic E-state index is 9.61. The van der Waals surface area contributed by atoms with Crippen LogP contribution >= 0.6 is 0 Å². The lowest BCUT2D eigenvalue weighted by Gasteiger charge is -2.35. The van der Waals surface area contributed by atoms with Gasteiger partial charge in [0.25, 0.3) is 0 Å². The fourth-order valence-corrected chi connectivity index (χ4v) is 3.33. The van der Waals surface area contributed by atoms with Crippen LogP contribution in [0.5, 0.6) is 0 Å². The van der Waals surface area contributed by atoms with Crippen LogP contribution in [0.1, 0.15) is 30.5 Å². The zero-order valence-corrected chi connectivity index (χ0v) is 13.9. The van der Waals surface area contributed by atoms with Gasteiger partial charge < -0.3 is 10.5 Å². The first-order valence-electron chi connectivity index (χ1n) is 8.17. The van der Waals surface area contributed by atoms with Crippen LogP contribution in [-0.4, -0.2) is 26.9 Å². The average Bonchev–Trinajstić information content (AvgIpc) is 2.97. The Kier molecular flexibility index (Phi) is 3.62. The van der Waals surface area contributed by atoms with Gasteiger partial charge in [0.1, 0.15) is 0 Å². The summed E-state index contributed by atoms with van der Waals surface area (Å²) in [7, 11) is 1.60. The molecule has 0 bridgehead atoms. The number of benzene rings is 1. The maximum Gasteiger partial charge on any atom is 0.222 e. The molecule has 7 nitrogen and oxygen atoms in total. The number of rotatable bonds is 4. The van der Waals surface area contributed by atoms with E-state index < -0.39 is 0 Å². The third-order valence-electron chi connectivity index (χ3n) is 4.84. The van der Waals surface area contributed by atoms with E-state index in [1.807, 2.05) is 24.3 Å². The third kappa shape index (κ3) is 2.51. The van der Waals surface area contributed by atoms with Crippen molar-refractivity contribution in [2.75, 3.05) is 12.8 Å². The molecule has 0 saturated heterocycles. The molecule has 0 radical (unpaired) electrons. The van der Waals surface area contributed by atoms with E-state index >= 15 is 0 Å². The summed E-state index contributed by atoms with van der Waals surface area (Å²) < 4.78 is 6.87. The highest BCUT2D eigenvalue weighted by atomic mass is 16.5. The summed E-state index contributed by atoms with van der Waals surface area (Å²) in [5, 5.41) is 15.0. The molecule has 0 atom stereocenters. The number of anilines is 1. The van der Waals surface area contributed by atoms with Gasteiger partial charge in [-0.15, -0.1) is 0 Å². The van der Waals surface area contributed by atoms with Crippen LogP contribution in [0.25, 0.3) is 16.7 Å². The van der Waals surface area contributed by atoms with Crippen molar-refractivity contribution in [3.05, 3.63) is 41.7 Å². The van der Waals surface area contributed by atoms with Gasteiger partial charge in [0, 0.05) is 18.6 Å². The van der Waals surface area contributed by atoms with Crippen LogP contribution in [0.15, 0.2) is 30.5 Å². The summed E-state index contributed by atoms with van der Waals surface area (Å²) in [6, 6.07) is 10.4. The fourth-order valence-electron chi connectivity index (χ4n) is 3.33. The van der Waals surface area contributed by atoms with Crippen LogP contribution in [0.2, 0.25) is 0 Å². The smallest absolute Gasteiger partial charge is 0.222 e. The van der Waals surface area contributed by atoms with E-state index in [0.717, 1.165) is 35.7 Å². The fraction of sp³-hybridized carbons (Fsp3) is 0.333. The van der Waals surface area contributed by atoms with Crippen LogP contribution in [0.4, 0.5) is 5.95 Å². The molecule has 2 heterocycles. The number of nitriles is 1. The predicted octanol–water partition coefficient (Wildman–Crippen LogP) is 2.49. The minimum atomic E-state index is -0.366. The zero-order valence-electron chi connectivity index (χ0n) is 13.9. The molecule has 1 saturated carbocycles. The summed E-state index contributed by atoms with van der Waals surface area (Å²) in [4.78, 5) is 8.46. The van der Waals surface area contributed by atoms with Gasteiger partial charge in [-0.2, -0.15) is 15.3 Å². The topological polar surface area (TPSA) is 103 Å². The number of fused-ring (bicyclic) bond motifs is 1. The van der Waals surface area contributed by atoms with Gasteiger partial charge in [0.05, 0.1) is 35.5 Å². The van der Waals surface area contributed by atoms with E-state index in [1.54, 1.807) is 18.0 Å². The van der Waals surface area contributed by atoms with Crippen molar-refractivity contribution in [1.82, 2.24) is 19.7 Å². The number of nitrogens with two attached hydrogens (primary N) is 1. The van der Waals surface area contributed by atoms with Gasteiger partial charge in [-0.1, -0.05) is 12.1 Å². The van der Waals surface area contributed by atoms with E-state index in [2.05, 4.69) is 21.1 Å². The molecule has 0 amide bonds. The Labute approximate surface area is 145 Å². The van der Waals surface area contributed by atoms with Crippen molar-refractivity contribution in [3.63, 3.8) is 0 Å². The number of methoxy groups -OCH3 is 1. The highest BCUT2D eigenvalue weighted by molar-refractivity contribution is 5.81. The molecular weight excluding hydrogens is 316 g/mol. The van der Waals surface area contributed by atoms with E-state index in [4.69, 9.17) is 10.5 Å². The second-order valence-corrected chi connectivity index (χ2v) is 6.39. The molecule has 0 aliphatic heterocycles. The molecule has 4 rings (SSSR count). The van der Waals surface area contributed by atoms with E-state index in [0.29, 0.717) is 18.1 Å². The summed E-state index contributed by atoms with van der Waals surface area (Å²) >= 11 is 0. The number of aromatic nitrogens is 4. The average molecular weight is 334 g/mol. The third-order valence-corrected chi connectivity index (χ3v) is 4.84. The van der Waals surface area contributed by atoms with E-state index in [1.165, 1.54) is 0 Å². The van der Waals surface area contributed by atoms with Crippen molar-refractivity contribution in [3.8, 4) is 11.9 Å². The molecule has 126 valence electrons.